The van der Waals surface area contributed by atoms with Crippen molar-refractivity contribution in [3.63, 3.8) is 0 Å². The van der Waals surface area contributed by atoms with Crippen molar-refractivity contribution in [3.05, 3.63) is 124 Å². The monoisotopic (exact) mass is 972 g/mol. The Morgan fingerprint density at radius 1 is 0.420 bits per heavy atom. The summed E-state index contributed by atoms with van der Waals surface area (Å²) in [5.74, 6) is 0. The van der Waals surface area contributed by atoms with Crippen LogP contribution in [-0.4, -0.2) is 23.1 Å². The molecule has 0 aromatic heterocycles. The molecule has 5 nitrogen and oxygen atoms in total. The highest BCUT2D eigenvalue weighted by molar-refractivity contribution is 7.91. The second kappa shape index (κ2) is 18.9. The van der Waals surface area contributed by atoms with Gasteiger partial charge in [0.1, 0.15) is 0 Å². The van der Waals surface area contributed by atoms with E-state index in [1.54, 1.807) is 24.3 Å². The van der Waals surface area contributed by atoms with Gasteiger partial charge in [-0.25, -0.2) is 8.42 Å². The Bertz CT molecular complexity index is 3000. The second-order valence-electron chi connectivity index (χ2n) is 23.9. The predicted molar refractivity (Wildman–Crippen MR) is 297 cm³/mol. The fourth-order valence-corrected chi connectivity index (χ4v) is 12.0. The molecule has 7 heteroatoms. The summed E-state index contributed by atoms with van der Waals surface area (Å²) in [6, 6.07) is 29.8. The number of fused-ring (bicyclic) bond motifs is 2. The zero-order chi connectivity index (χ0) is 51.7. The molecule has 0 spiro atoms. The fourth-order valence-electron chi connectivity index (χ4n) is 9.74. The SMILES string of the molecule is CCC(C)(C)c1cc(C(C)(C)CC)c2cc(-c3c([P+](O)(O)O)ccc(S(=O)(=O)c4ccccc4)c3-c3cc4c(C(C)(C)CC)cc(C(C)(C)CC)cc4cc3C(C)(C)CC)c(C(C)(C)CC)cc2c1. The van der Waals surface area contributed by atoms with E-state index < -0.39 is 28.6 Å². The van der Waals surface area contributed by atoms with Gasteiger partial charge in [0.25, 0.3) is 0 Å². The van der Waals surface area contributed by atoms with Crippen molar-refractivity contribution in [2.24, 2.45) is 0 Å². The largest absolute Gasteiger partial charge is 0.441 e. The van der Waals surface area contributed by atoms with E-state index in [1.165, 1.54) is 34.4 Å². The summed E-state index contributed by atoms with van der Waals surface area (Å²) >= 11 is 0. The van der Waals surface area contributed by atoms with E-state index in [-0.39, 0.29) is 36.8 Å². The third-order valence-corrected chi connectivity index (χ3v) is 20.1. The Hall–Kier alpha value is -3.90. The van der Waals surface area contributed by atoms with E-state index in [1.807, 2.05) is 6.07 Å². The van der Waals surface area contributed by atoms with E-state index >= 15 is 8.42 Å². The highest BCUT2D eigenvalue weighted by Crippen LogP contribution is 2.55. The van der Waals surface area contributed by atoms with Crippen LogP contribution >= 0.6 is 7.94 Å². The molecule has 0 atom stereocenters. The average molecular weight is 972 g/mol. The van der Waals surface area contributed by atoms with Crippen molar-refractivity contribution >= 4 is 44.6 Å². The molecule has 0 saturated heterocycles. The molecule has 0 aliphatic carbocycles. The first-order valence-electron chi connectivity index (χ1n) is 25.6. The molecule has 69 heavy (non-hydrogen) atoms. The molecule has 0 bridgehead atoms. The molecule has 6 aromatic rings. The molecule has 6 rings (SSSR count). The molecule has 0 saturated carbocycles. The molecule has 0 fully saturated rings. The van der Waals surface area contributed by atoms with Crippen molar-refractivity contribution in [3.8, 4) is 22.3 Å². The van der Waals surface area contributed by atoms with Crippen LogP contribution in [0.4, 0.5) is 0 Å². The number of hydrogen-bond acceptors (Lipinski definition) is 5. The summed E-state index contributed by atoms with van der Waals surface area (Å²) in [7, 11) is -9.16. The molecule has 0 heterocycles. The van der Waals surface area contributed by atoms with E-state index in [2.05, 4.69) is 173 Å². The van der Waals surface area contributed by atoms with E-state index in [0.29, 0.717) is 22.3 Å². The molecule has 0 unspecified atom stereocenters. The van der Waals surface area contributed by atoms with Crippen molar-refractivity contribution in [2.45, 2.75) is 205 Å². The molecule has 0 amide bonds. The number of hydrogen-bond donors (Lipinski definition) is 3. The van der Waals surface area contributed by atoms with Crippen LogP contribution in [0.15, 0.2) is 101 Å². The van der Waals surface area contributed by atoms with Gasteiger partial charge in [-0.05, 0) is 186 Å². The molecule has 0 aliphatic heterocycles. The van der Waals surface area contributed by atoms with Gasteiger partial charge < -0.3 is 0 Å². The maximum atomic E-state index is 15.7. The Morgan fingerprint density at radius 2 is 0.783 bits per heavy atom. The number of benzene rings is 6. The summed E-state index contributed by atoms with van der Waals surface area (Å²) in [4.78, 5) is 35.8. The molecule has 372 valence electrons. The predicted octanol–water partition coefficient (Wildman–Crippen LogP) is 16.7. The van der Waals surface area contributed by atoms with Gasteiger partial charge in [0, 0.05) is 11.1 Å². The van der Waals surface area contributed by atoms with Crippen LogP contribution in [0.2, 0.25) is 0 Å². The smallest absolute Gasteiger partial charge is 0.218 e. The van der Waals surface area contributed by atoms with Crippen LogP contribution in [0.1, 0.15) is 197 Å². The quantitative estimate of drug-likeness (QED) is 0.0792. The Balaban J connectivity index is 2.03. The second-order valence-corrected chi connectivity index (χ2v) is 27.5. The van der Waals surface area contributed by atoms with Crippen molar-refractivity contribution in [1.29, 1.82) is 0 Å². The Morgan fingerprint density at radius 3 is 1.14 bits per heavy atom. The van der Waals surface area contributed by atoms with Gasteiger partial charge in [-0.2, -0.15) is 14.7 Å². The summed E-state index contributed by atoms with van der Waals surface area (Å²) in [6.07, 6.45) is 5.13. The fraction of sp³-hybridized carbons (Fsp3) is 0.484. The normalized spacial score (nSPS) is 13.8. The zero-order valence-electron chi connectivity index (χ0n) is 45.4. The summed E-state index contributed by atoms with van der Waals surface area (Å²) in [5, 5.41) is 4.12. The minimum absolute atomic E-state index is 0.0444. The van der Waals surface area contributed by atoms with Crippen LogP contribution < -0.4 is 5.30 Å². The van der Waals surface area contributed by atoms with Gasteiger partial charge in [-0.1, -0.05) is 167 Å². The summed E-state index contributed by atoms with van der Waals surface area (Å²) in [5.41, 5.74) is 7.12. The van der Waals surface area contributed by atoms with Gasteiger partial charge in [0.15, 0.2) is 5.30 Å². The lowest BCUT2D eigenvalue weighted by molar-refractivity contribution is 0.347. The lowest BCUT2D eigenvalue weighted by Gasteiger charge is -2.34. The van der Waals surface area contributed by atoms with Crippen molar-refractivity contribution in [1.82, 2.24) is 0 Å². The molecule has 0 aliphatic rings. The van der Waals surface area contributed by atoms with Gasteiger partial charge in [0.2, 0.25) is 9.84 Å². The third kappa shape index (κ3) is 10.0. The van der Waals surface area contributed by atoms with Crippen LogP contribution in [0, 0.1) is 0 Å². The van der Waals surface area contributed by atoms with Gasteiger partial charge in [0.05, 0.1) is 9.79 Å². The van der Waals surface area contributed by atoms with Gasteiger partial charge in [-0.3, -0.25) is 0 Å². The maximum Gasteiger partial charge on any atom is 0.441 e. The first kappa shape index (κ1) is 54.4. The van der Waals surface area contributed by atoms with Crippen LogP contribution in [-0.2, 0) is 42.3 Å². The third-order valence-electron chi connectivity index (χ3n) is 17.3. The lowest BCUT2D eigenvalue weighted by atomic mass is 9.70. The standard InChI is InChI=1S/C62H84O5PS/c1-19-57(7,8)42-32-40-34-49(59(11,12)21-3)47(38-45(40)51(36-42)61(15,16)23-5)55-53(68(63,64)65)30-31-54(69(66,67)44-28-26-25-27-29-44)56(55)48-39-46-41(35-50(48)60(13,14)22-4)33-43(58(9,10)20-2)37-52(46)62(17,18)24-6/h25-39,63-65H,19-24H2,1-18H3/q+1. The van der Waals surface area contributed by atoms with Crippen LogP contribution in [0.3, 0.4) is 0 Å². The zero-order valence-corrected chi connectivity index (χ0v) is 47.1. The molecule has 0 radical (unpaired) electrons. The Kier molecular flexibility index (Phi) is 14.9. The van der Waals surface area contributed by atoms with Crippen LogP contribution in [0.25, 0.3) is 43.8 Å². The topological polar surface area (TPSA) is 94.8 Å². The Labute approximate surface area is 417 Å². The highest BCUT2D eigenvalue weighted by atomic mass is 32.2. The van der Waals surface area contributed by atoms with Gasteiger partial charge in [-0.15, -0.1) is 0 Å². The average Bonchev–Trinajstić information content (AvgIpc) is 3.31. The number of sulfone groups is 1. The lowest BCUT2D eigenvalue weighted by Crippen LogP contribution is -2.24. The van der Waals surface area contributed by atoms with Crippen molar-refractivity contribution < 1.29 is 23.1 Å². The summed E-state index contributed by atoms with van der Waals surface area (Å²) in [6.45, 7) is 40.3. The van der Waals surface area contributed by atoms with Crippen molar-refractivity contribution in [2.75, 3.05) is 0 Å². The van der Waals surface area contributed by atoms with Gasteiger partial charge >= 0.3 is 7.94 Å². The minimum atomic E-state index is -4.86. The molecular weight excluding hydrogens is 888 g/mol. The molecule has 3 N–H and O–H groups in total. The summed E-state index contributed by atoms with van der Waals surface area (Å²) < 4.78 is 31.4. The van der Waals surface area contributed by atoms with Crippen LogP contribution in [0.5, 0.6) is 0 Å². The van der Waals surface area contributed by atoms with E-state index in [4.69, 9.17) is 0 Å². The molecular formula is C62H84O5PS+. The molecule has 6 aromatic carbocycles. The minimum Gasteiger partial charge on any atom is -0.218 e. The van der Waals surface area contributed by atoms with E-state index in [0.717, 1.165) is 71.2 Å². The first-order chi connectivity index (χ1) is 31.8. The number of rotatable bonds is 17. The van der Waals surface area contributed by atoms with E-state index in [9.17, 15) is 14.7 Å². The first-order valence-corrected chi connectivity index (χ1v) is 28.7. The highest BCUT2D eigenvalue weighted by Gasteiger charge is 2.44. The maximum absolute atomic E-state index is 15.7.